The standard InChI is InChI=1S/C28H22N6O4S/c1-37-24-16-20(11-14-23(24)38-28(36)25-8-5-15-39-25)17-29-31-27(35)22-12-9-19(10-13-22)18-34-32-26(30-33-34)21-6-3-2-4-7-21/h2-17H,18H2,1H3,(H,31,35). The highest BCUT2D eigenvalue weighted by molar-refractivity contribution is 7.12. The van der Waals surface area contributed by atoms with Crippen molar-refractivity contribution in [2.24, 2.45) is 5.10 Å². The maximum Gasteiger partial charge on any atom is 0.353 e. The first-order valence-electron chi connectivity index (χ1n) is 11.8. The maximum absolute atomic E-state index is 12.5. The van der Waals surface area contributed by atoms with E-state index >= 15 is 0 Å². The van der Waals surface area contributed by atoms with Gasteiger partial charge >= 0.3 is 5.97 Å². The van der Waals surface area contributed by atoms with Crippen LogP contribution in [0.2, 0.25) is 0 Å². The van der Waals surface area contributed by atoms with Crippen LogP contribution in [0.5, 0.6) is 11.5 Å². The van der Waals surface area contributed by atoms with E-state index in [2.05, 4.69) is 25.9 Å². The largest absolute Gasteiger partial charge is 0.493 e. The van der Waals surface area contributed by atoms with Crippen LogP contribution in [0.15, 0.2) is 95.4 Å². The van der Waals surface area contributed by atoms with E-state index in [9.17, 15) is 9.59 Å². The SMILES string of the molecule is COc1cc(C=NNC(=O)c2ccc(Cn3nnc(-c4ccccc4)n3)cc2)ccc1OC(=O)c1cccs1. The molecule has 10 nitrogen and oxygen atoms in total. The third kappa shape index (κ3) is 6.40. The Morgan fingerprint density at radius 2 is 1.82 bits per heavy atom. The van der Waals surface area contributed by atoms with Gasteiger partial charge in [0.05, 0.1) is 19.9 Å². The number of amides is 1. The van der Waals surface area contributed by atoms with Crippen molar-refractivity contribution in [1.82, 2.24) is 25.6 Å². The number of nitrogens with zero attached hydrogens (tertiary/aromatic N) is 5. The number of carbonyl (C=O) groups excluding carboxylic acids is 2. The molecule has 5 aromatic rings. The summed E-state index contributed by atoms with van der Waals surface area (Å²) in [5, 5.41) is 18.4. The van der Waals surface area contributed by atoms with E-state index in [0.29, 0.717) is 34.1 Å². The molecule has 0 atom stereocenters. The number of benzene rings is 3. The van der Waals surface area contributed by atoms with Crippen LogP contribution in [0.25, 0.3) is 11.4 Å². The Hall–Kier alpha value is -5.16. The molecule has 2 heterocycles. The van der Waals surface area contributed by atoms with Crippen LogP contribution in [0, 0.1) is 0 Å². The van der Waals surface area contributed by atoms with Crippen molar-refractivity contribution in [1.29, 1.82) is 0 Å². The maximum atomic E-state index is 12.5. The van der Waals surface area contributed by atoms with Crippen LogP contribution in [0.3, 0.4) is 0 Å². The molecule has 1 amide bonds. The molecule has 2 aromatic heterocycles. The van der Waals surface area contributed by atoms with Crippen molar-refractivity contribution in [2.75, 3.05) is 7.11 Å². The van der Waals surface area contributed by atoms with Crippen molar-refractivity contribution in [3.8, 4) is 22.9 Å². The molecular formula is C28H22N6O4S. The zero-order valence-corrected chi connectivity index (χ0v) is 21.5. The number of thiophene rings is 1. The molecule has 3 aromatic carbocycles. The van der Waals surface area contributed by atoms with Crippen LogP contribution < -0.4 is 14.9 Å². The lowest BCUT2D eigenvalue weighted by atomic mass is 10.1. The fraction of sp³-hybridized carbons (Fsp3) is 0.0714. The average molecular weight is 539 g/mol. The van der Waals surface area contributed by atoms with Crippen LogP contribution in [-0.2, 0) is 6.54 Å². The average Bonchev–Trinajstić information content (AvgIpc) is 3.68. The minimum Gasteiger partial charge on any atom is -0.493 e. The van der Waals surface area contributed by atoms with Crippen LogP contribution in [0.4, 0.5) is 0 Å². The van der Waals surface area contributed by atoms with Crippen LogP contribution in [-0.4, -0.2) is 45.4 Å². The summed E-state index contributed by atoms with van der Waals surface area (Å²) in [5.41, 5.74) is 5.41. The summed E-state index contributed by atoms with van der Waals surface area (Å²) in [6.45, 7) is 0.417. The summed E-state index contributed by atoms with van der Waals surface area (Å²) in [6.07, 6.45) is 1.47. The van der Waals surface area contributed by atoms with Crippen molar-refractivity contribution in [3.63, 3.8) is 0 Å². The molecule has 5 rings (SSSR count). The van der Waals surface area contributed by atoms with E-state index in [4.69, 9.17) is 9.47 Å². The minimum atomic E-state index is -0.461. The topological polar surface area (TPSA) is 121 Å². The van der Waals surface area contributed by atoms with E-state index in [0.717, 1.165) is 11.1 Å². The number of ether oxygens (including phenoxy) is 2. The number of nitrogens with one attached hydrogen (secondary N) is 1. The Morgan fingerprint density at radius 3 is 2.56 bits per heavy atom. The Bertz CT molecular complexity index is 1600. The first-order chi connectivity index (χ1) is 19.1. The monoisotopic (exact) mass is 538 g/mol. The predicted octanol–water partition coefficient (Wildman–Crippen LogP) is 4.44. The molecular weight excluding hydrogens is 516 g/mol. The van der Waals surface area contributed by atoms with Crippen molar-refractivity contribution in [3.05, 3.63) is 112 Å². The van der Waals surface area contributed by atoms with Gasteiger partial charge in [0.2, 0.25) is 5.82 Å². The molecule has 0 aliphatic heterocycles. The van der Waals surface area contributed by atoms with Crippen LogP contribution >= 0.6 is 11.3 Å². The number of methoxy groups -OCH3 is 1. The highest BCUT2D eigenvalue weighted by Gasteiger charge is 2.14. The fourth-order valence-corrected chi connectivity index (χ4v) is 4.16. The summed E-state index contributed by atoms with van der Waals surface area (Å²) in [6, 6.07) is 25.1. The van der Waals surface area contributed by atoms with Gasteiger partial charge in [-0.1, -0.05) is 48.5 Å². The number of rotatable bonds is 9. The molecule has 0 aliphatic carbocycles. The lowest BCUT2D eigenvalue weighted by molar-refractivity contribution is 0.0734. The zero-order valence-electron chi connectivity index (χ0n) is 20.7. The summed E-state index contributed by atoms with van der Waals surface area (Å²) >= 11 is 1.29. The summed E-state index contributed by atoms with van der Waals surface area (Å²) in [7, 11) is 1.48. The first kappa shape index (κ1) is 25.5. The Labute approximate surface area is 227 Å². The zero-order chi connectivity index (χ0) is 27.0. The quantitative estimate of drug-likeness (QED) is 0.127. The molecule has 1 N–H and O–H groups in total. The highest BCUT2D eigenvalue weighted by Crippen LogP contribution is 2.29. The number of carbonyl (C=O) groups is 2. The van der Waals surface area contributed by atoms with Crippen LogP contribution in [0.1, 0.15) is 31.2 Å². The van der Waals surface area contributed by atoms with E-state index in [1.54, 1.807) is 47.8 Å². The Morgan fingerprint density at radius 1 is 1.00 bits per heavy atom. The van der Waals surface area contributed by atoms with Gasteiger partial charge in [-0.25, -0.2) is 10.2 Å². The summed E-state index contributed by atoms with van der Waals surface area (Å²) in [5.74, 6) is 0.378. The number of hydrogen-bond acceptors (Lipinski definition) is 9. The first-order valence-corrected chi connectivity index (χ1v) is 12.7. The molecule has 0 bridgehead atoms. The molecule has 0 spiro atoms. The van der Waals surface area contributed by atoms with Gasteiger partial charge in [-0.15, -0.1) is 21.5 Å². The lowest BCUT2D eigenvalue weighted by Crippen LogP contribution is -2.17. The summed E-state index contributed by atoms with van der Waals surface area (Å²) < 4.78 is 10.8. The van der Waals surface area contributed by atoms with E-state index < -0.39 is 5.97 Å². The second-order valence-electron chi connectivity index (χ2n) is 8.18. The van der Waals surface area contributed by atoms with E-state index in [1.807, 2.05) is 42.5 Å². The molecule has 11 heteroatoms. The molecule has 39 heavy (non-hydrogen) atoms. The lowest BCUT2D eigenvalue weighted by Gasteiger charge is -2.09. The van der Waals surface area contributed by atoms with E-state index in [1.165, 1.54) is 29.5 Å². The molecule has 0 saturated carbocycles. The third-order valence-corrected chi connectivity index (χ3v) is 6.37. The van der Waals surface area contributed by atoms with Gasteiger partial charge in [0, 0.05) is 11.1 Å². The Balaban J connectivity index is 1.16. The molecule has 0 fully saturated rings. The van der Waals surface area contributed by atoms with Gasteiger partial charge in [0.25, 0.3) is 5.91 Å². The molecule has 194 valence electrons. The van der Waals surface area contributed by atoms with Crippen molar-refractivity contribution in [2.45, 2.75) is 6.54 Å². The number of hydrazone groups is 1. The molecule has 0 aliphatic rings. The van der Waals surface area contributed by atoms with Gasteiger partial charge < -0.3 is 9.47 Å². The van der Waals surface area contributed by atoms with Crippen molar-refractivity contribution < 1.29 is 19.1 Å². The smallest absolute Gasteiger partial charge is 0.353 e. The van der Waals surface area contributed by atoms with Gasteiger partial charge in [0.15, 0.2) is 11.5 Å². The molecule has 0 unspecified atom stereocenters. The van der Waals surface area contributed by atoms with Gasteiger partial charge in [0.1, 0.15) is 4.88 Å². The third-order valence-electron chi connectivity index (χ3n) is 5.52. The minimum absolute atomic E-state index is 0.287. The van der Waals surface area contributed by atoms with E-state index in [-0.39, 0.29) is 11.7 Å². The van der Waals surface area contributed by atoms with Gasteiger partial charge in [-0.3, -0.25) is 4.79 Å². The number of tetrazole rings is 1. The van der Waals surface area contributed by atoms with Crippen molar-refractivity contribution >= 4 is 29.4 Å². The normalized spacial score (nSPS) is 10.9. The second-order valence-corrected chi connectivity index (χ2v) is 9.13. The summed E-state index contributed by atoms with van der Waals surface area (Å²) in [4.78, 5) is 26.8. The fourth-order valence-electron chi connectivity index (χ4n) is 3.56. The van der Waals surface area contributed by atoms with Gasteiger partial charge in [-0.2, -0.15) is 9.90 Å². The molecule has 0 radical (unpaired) electrons. The predicted molar refractivity (Wildman–Crippen MR) is 146 cm³/mol. The number of hydrogen-bond donors (Lipinski definition) is 1. The number of esters is 1. The number of aromatic nitrogens is 4. The molecule has 0 saturated heterocycles. The second kappa shape index (κ2) is 11.9. The van der Waals surface area contributed by atoms with Gasteiger partial charge in [-0.05, 0) is 58.1 Å². The highest BCUT2D eigenvalue weighted by atomic mass is 32.1. The Kier molecular flexibility index (Phi) is 7.79.